The number of nitrogens with one attached hydrogen (secondary N) is 1. The Bertz CT molecular complexity index is 648. The monoisotopic (exact) mass is 328 g/mol. The molecule has 22 heavy (non-hydrogen) atoms. The van der Waals surface area contributed by atoms with E-state index in [-0.39, 0.29) is 12.3 Å². The molecule has 0 radical (unpaired) electrons. The van der Waals surface area contributed by atoms with Crippen molar-refractivity contribution in [3.63, 3.8) is 0 Å². The predicted molar refractivity (Wildman–Crippen MR) is 80.0 cm³/mol. The number of hydrogen-bond donors (Lipinski definition) is 1. The Morgan fingerprint density at radius 1 is 1.27 bits per heavy atom. The molecule has 1 aromatic carbocycles. The van der Waals surface area contributed by atoms with Crippen molar-refractivity contribution in [2.75, 3.05) is 5.32 Å². The Hall–Kier alpha value is -1.89. The Balaban J connectivity index is 1.96. The van der Waals surface area contributed by atoms with Crippen LogP contribution in [0, 0.1) is 0 Å². The lowest BCUT2D eigenvalue weighted by atomic mass is 10.1. The normalized spacial score (nSPS) is 11.7. The molecule has 0 aliphatic carbocycles. The summed E-state index contributed by atoms with van der Waals surface area (Å²) in [6.07, 6.45) is -2.65. The molecule has 0 saturated carbocycles. The third-order valence-electron chi connectivity index (χ3n) is 2.98. The minimum Gasteiger partial charge on any atom is -0.302 e. The van der Waals surface area contributed by atoms with Crippen molar-refractivity contribution in [3.8, 4) is 0 Å². The van der Waals surface area contributed by atoms with E-state index in [4.69, 9.17) is 0 Å². The van der Waals surface area contributed by atoms with Gasteiger partial charge in [-0.15, -0.1) is 11.3 Å². The highest BCUT2D eigenvalue weighted by Gasteiger charge is 2.29. The second kappa shape index (κ2) is 6.48. The van der Waals surface area contributed by atoms with Crippen LogP contribution >= 0.6 is 11.3 Å². The van der Waals surface area contributed by atoms with Crippen LogP contribution in [0.5, 0.6) is 0 Å². The topological polar surface area (TPSA) is 42.0 Å². The first-order chi connectivity index (χ1) is 10.3. The fraction of sp³-hybridized carbons (Fsp3) is 0.333. The summed E-state index contributed by atoms with van der Waals surface area (Å²) in [7, 11) is 0. The smallest absolute Gasteiger partial charge is 0.302 e. The fourth-order valence-electron chi connectivity index (χ4n) is 1.77. The van der Waals surface area contributed by atoms with E-state index >= 15 is 0 Å². The number of benzene rings is 1. The number of thiazole rings is 1. The van der Waals surface area contributed by atoms with Crippen LogP contribution in [0.3, 0.4) is 0 Å². The van der Waals surface area contributed by atoms with Crippen LogP contribution < -0.4 is 5.32 Å². The first-order valence-electron chi connectivity index (χ1n) is 6.67. The quantitative estimate of drug-likeness (QED) is 0.900. The molecule has 0 spiro atoms. The maximum Gasteiger partial charge on any atom is 0.416 e. The molecule has 7 heteroatoms. The molecule has 0 atom stereocenters. The van der Waals surface area contributed by atoms with Crippen LogP contribution in [-0.2, 0) is 17.4 Å². The molecule has 0 aliphatic heterocycles. The second-order valence-corrected chi connectivity index (χ2v) is 6.20. The van der Waals surface area contributed by atoms with E-state index in [1.807, 2.05) is 13.8 Å². The summed E-state index contributed by atoms with van der Waals surface area (Å²) in [4.78, 5) is 17.0. The van der Waals surface area contributed by atoms with Gasteiger partial charge >= 0.3 is 6.18 Å². The van der Waals surface area contributed by atoms with E-state index < -0.39 is 11.7 Å². The number of rotatable bonds is 4. The van der Waals surface area contributed by atoms with E-state index in [0.29, 0.717) is 16.6 Å². The molecule has 118 valence electrons. The van der Waals surface area contributed by atoms with Crippen molar-refractivity contribution >= 4 is 22.4 Å². The SMILES string of the molecule is CC(C)c1cnc(NC(=O)Cc2ccc(C(F)(F)F)cc2)s1. The second-order valence-electron chi connectivity index (χ2n) is 5.14. The van der Waals surface area contributed by atoms with Gasteiger partial charge in [0, 0.05) is 11.1 Å². The van der Waals surface area contributed by atoms with Crippen LogP contribution in [0.1, 0.15) is 35.8 Å². The number of hydrogen-bond acceptors (Lipinski definition) is 3. The molecule has 1 amide bonds. The zero-order valence-corrected chi connectivity index (χ0v) is 12.9. The van der Waals surface area contributed by atoms with Gasteiger partial charge in [0.15, 0.2) is 5.13 Å². The summed E-state index contributed by atoms with van der Waals surface area (Å²) in [6.45, 7) is 4.06. The molecule has 0 fully saturated rings. The van der Waals surface area contributed by atoms with Gasteiger partial charge in [0.25, 0.3) is 0 Å². The highest BCUT2D eigenvalue weighted by atomic mass is 32.1. The maximum absolute atomic E-state index is 12.5. The molecule has 0 aliphatic rings. The van der Waals surface area contributed by atoms with Gasteiger partial charge in [-0.1, -0.05) is 26.0 Å². The van der Waals surface area contributed by atoms with Crippen molar-refractivity contribution in [1.29, 1.82) is 0 Å². The van der Waals surface area contributed by atoms with Crippen LogP contribution in [0.15, 0.2) is 30.5 Å². The van der Waals surface area contributed by atoms with Crippen molar-refractivity contribution < 1.29 is 18.0 Å². The van der Waals surface area contributed by atoms with Gasteiger partial charge in [-0.25, -0.2) is 4.98 Å². The Kier molecular flexibility index (Phi) is 4.85. The van der Waals surface area contributed by atoms with Crippen LogP contribution in [0.4, 0.5) is 18.3 Å². The molecule has 3 nitrogen and oxygen atoms in total. The number of carbonyl (C=O) groups excluding carboxylic acids is 1. The van der Waals surface area contributed by atoms with Crippen molar-refractivity contribution in [2.24, 2.45) is 0 Å². The van der Waals surface area contributed by atoms with Gasteiger partial charge in [0.05, 0.1) is 12.0 Å². The summed E-state index contributed by atoms with van der Waals surface area (Å²) in [5.41, 5.74) is -0.204. The van der Waals surface area contributed by atoms with Crippen molar-refractivity contribution in [3.05, 3.63) is 46.5 Å². The van der Waals surface area contributed by atoms with E-state index in [0.717, 1.165) is 17.0 Å². The van der Waals surface area contributed by atoms with Crippen LogP contribution in [0.2, 0.25) is 0 Å². The summed E-state index contributed by atoms with van der Waals surface area (Å²) in [6, 6.07) is 4.57. The number of anilines is 1. The minimum absolute atomic E-state index is 0.00866. The van der Waals surface area contributed by atoms with E-state index in [9.17, 15) is 18.0 Å². The number of alkyl halides is 3. The Morgan fingerprint density at radius 2 is 1.91 bits per heavy atom. The van der Waals surface area contributed by atoms with Crippen molar-refractivity contribution in [1.82, 2.24) is 4.98 Å². The lowest BCUT2D eigenvalue weighted by Gasteiger charge is -2.07. The zero-order valence-electron chi connectivity index (χ0n) is 12.1. The van der Waals surface area contributed by atoms with Gasteiger partial charge in [0.1, 0.15) is 0 Å². The molecule has 1 aromatic heterocycles. The van der Waals surface area contributed by atoms with Crippen molar-refractivity contribution in [2.45, 2.75) is 32.4 Å². The van der Waals surface area contributed by atoms with E-state index in [1.54, 1.807) is 6.20 Å². The summed E-state index contributed by atoms with van der Waals surface area (Å²) in [5.74, 6) is 0.0301. The van der Waals surface area contributed by atoms with Gasteiger partial charge < -0.3 is 5.32 Å². The van der Waals surface area contributed by atoms with Crippen LogP contribution in [0.25, 0.3) is 0 Å². The number of nitrogens with zero attached hydrogens (tertiary/aromatic N) is 1. The molecular formula is C15H15F3N2OS. The average molecular weight is 328 g/mol. The third kappa shape index (κ3) is 4.30. The lowest BCUT2D eigenvalue weighted by Crippen LogP contribution is -2.14. The molecule has 2 aromatic rings. The zero-order chi connectivity index (χ0) is 16.3. The average Bonchev–Trinajstić information content (AvgIpc) is 2.86. The third-order valence-corrected chi connectivity index (χ3v) is 4.20. The van der Waals surface area contributed by atoms with Crippen LogP contribution in [-0.4, -0.2) is 10.9 Å². The van der Waals surface area contributed by atoms with Gasteiger partial charge in [-0.05, 0) is 23.6 Å². The fourth-order valence-corrected chi connectivity index (χ4v) is 2.61. The summed E-state index contributed by atoms with van der Waals surface area (Å²) in [5, 5.41) is 3.16. The molecule has 1 N–H and O–H groups in total. The lowest BCUT2D eigenvalue weighted by molar-refractivity contribution is -0.137. The van der Waals surface area contributed by atoms with Gasteiger partial charge in [0.2, 0.25) is 5.91 Å². The molecule has 2 rings (SSSR count). The number of aromatic nitrogens is 1. The Morgan fingerprint density at radius 3 is 2.41 bits per heavy atom. The van der Waals surface area contributed by atoms with Gasteiger partial charge in [-0.2, -0.15) is 13.2 Å². The summed E-state index contributed by atoms with van der Waals surface area (Å²) >= 11 is 1.39. The maximum atomic E-state index is 12.5. The molecule has 1 heterocycles. The first-order valence-corrected chi connectivity index (χ1v) is 7.49. The number of halogens is 3. The Labute approximate surface area is 130 Å². The molecular weight excluding hydrogens is 313 g/mol. The summed E-state index contributed by atoms with van der Waals surface area (Å²) < 4.78 is 37.4. The predicted octanol–water partition coefficient (Wildman–Crippen LogP) is 4.47. The number of amides is 1. The van der Waals surface area contributed by atoms with Gasteiger partial charge in [-0.3, -0.25) is 4.79 Å². The highest BCUT2D eigenvalue weighted by Crippen LogP contribution is 2.29. The van der Waals surface area contributed by atoms with E-state index in [1.165, 1.54) is 23.5 Å². The molecule has 0 bridgehead atoms. The molecule has 0 saturated heterocycles. The van der Waals surface area contributed by atoms with E-state index in [2.05, 4.69) is 10.3 Å². The largest absolute Gasteiger partial charge is 0.416 e. The number of carbonyl (C=O) groups is 1. The highest BCUT2D eigenvalue weighted by molar-refractivity contribution is 7.15. The minimum atomic E-state index is -4.37. The standard InChI is InChI=1S/C15H15F3N2OS/c1-9(2)12-8-19-14(22-12)20-13(21)7-10-3-5-11(6-4-10)15(16,17)18/h3-6,8-9H,7H2,1-2H3,(H,19,20,21). The first kappa shape index (κ1) is 16.5. The molecule has 0 unspecified atom stereocenters.